The molecule has 5 heteroatoms. The van der Waals surface area contributed by atoms with E-state index in [9.17, 15) is 4.79 Å². The third-order valence-electron chi connectivity index (χ3n) is 4.49. The highest BCUT2D eigenvalue weighted by molar-refractivity contribution is 5.79. The van der Waals surface area contributed by atoms with Crippen molar-refractivity contribution in [2.24, 2.45) is 5.92 Å². The molecule has 110 valence electrons. The van der Waals surface area contributed by atoms with Crippen molar-refractivity contribution >= 4 is 11.6 Å². The third kappa shape index (κ3) is 2.85. The predicted molar refractivity (Wildman–Crippen MR) is 79.7 cm³/mol. The Morgan fingerprint density at radius 2 is 1.95 bits per heavy atom. The van der Waals surface area contributed by atoms with Crippen molar-refractivity contribution in [2.75, 3.05) is 31.1 Å². The Kier molecular flexibility index (Phi) is 4.05. The van der Waals surface area contributed by atoms with Gasteiger partial charge in [-0.25, -0.2) is 4.98 Å². The van der Waals surface area contributed by atoms with Crippen LogP contribution in [0.15, 0.2) is 18.3 Å². The molecule has 1 aromatic heterocycles. The maximum Gasteiger partial charge on any atom is 0.225 e. The first-order valence-electron chi connectivity index (χ1n) is 7.68. The molecule has 1 aromatic rings. The minimum Gasteiger partial charge on any atom is -0.369 e. The van der Waals surface area contributed by atoms with Gasteiger partial charge in [-0.3, -0.25) is 4.79 Å². The summed E-state index contributed by atoms with van der Waals surface area (Å²) in [6.07, 6.45) is 5.67. The molecule has 2 aliphatic rings. The number of carbonyl (C=O) groups is 1. The van der Waals surface area contributed by atoms with Crippen molar-refractivity contribution in [2.45, 2.75) is 25.7 Å². The highest BCUT2D eigenvalue weighted by atomic mass is 16.2. The molecule has 5 nitrogen and oxygen atoms in total. The summed E-state index contributed by atoms with van der Waals surface area (Å²) < 4.78 is 0. The fourth-order valence-electron chi connectivity index (χ4n) is 3.30. The van der Waals surface area contributed by atoms with Crippen molar-refractivity contribution in [3.05, 3.63) is 24.0 Å². The van der Waals surface area contributed by atoms with Gasteiger partial charge < -0.3 is 9.80 Å². The number of amides is 1. The van der Waals surface area contributed by atoms with Gasteiger partial charge in [0.1, 0.15) is 6.07 Å². The summed E-state index contributed by atoms with van der Waals surface area (Å²) in [6, 6.07) is 5.94. The molecular formula is C16H20N4O. The zero-order valence-corrected chi connectivity index (χ0v) is 12.2. The van der Waals surface area contributed by atoms with Gasteiger partial charge in [-0.05, 0) is 37.8 Å². The summed E-state index contributed by atoms with van der Waals surface area (Å²) in [5, 5.41) is 9.13. The average molecular weight is 284 g/mol. The van der Waals surface area contributed by atoms with E-state index in [4.69, 9.17) is 5.26 Å². The van der Waals surface area contributed by atoms with Crippen LogP contribution in [-0.4, -0.2) is 42.0 Å². The lowest BCUT2D eigenvalue weighted by atomic mass is 9.95. The van der Waals surface area contributed by atoms with E-state index < -0.39 is 0 Å². The van der Waals surface area contributed by atoms with E-state index in [-0.39, 0.29) is 5.92 Å². The number of hydrogen-bond donors (Lipinski definition) is 0. The minimum absolute atomic E-state index is 0.154. The summed E-state index contributed by atoms with van der Waals surface area (Å²) in [5.41, 5.74) is 1.37. The number of likely N-dealkylation sites (tertiary alicyclic amines) is 1. The molecule has 0 bridgehead atoms. The van der Waals surface area contributed by atoms with Gasteiger partial charge in [0.05, 0.1) is 5.69 Å². The number of hydrogen-bond acceptors (Lipinski definition) is 4. The highest BCUT2D eigenvalue weighted by Crippen LogP contribution is 2.26. The Morgan fingerprint density at radius 3 is 2.62 bits per heavy atom. The van der Waals surface area contributed by atoms with Gasteiger partial charge in [-0.2, -0.15) is 5.26 Å². The van der Waals surface area contributed by atoms with Crippen LogP contribution in [0.5, 0.6) is 0 Å². The summed E-state index contributed by atoms with van der Waals surface area (Å²) in [5.74, 6) is 0.486. The number of piperidine rings is 1. The lowest BCUT2D eigenvalue weighted by Gasteiger charge is -2.34. The van der Waals surface area contributed by atoms with Gasteiger partial charge in [0.2, 0.25) is 5.91 Å². The van der Waals surface area contributed by atoms with Crippen molar-refractivity contribution in [1.29, 1.82) is 5.26 Å². The van der Waals surface area contributed by atoms with E-state index in [1.54, 1.807) is 6.20 Å². The molecule has 3 rings (SSSR count). The Bertz CT molecular complexity index is 552. The fraction of sp³-hybridized carbons (Fsp3) is 0.562. The van der Waals surface area contributed by atoms with Crippen molar-refractivity contribution in [3.63, 3.8) is 0 Å². The number of nitrogens with zero attached hydrogens (tertiary/aromatic N) is 4. The number of anilines is 1. The molecule has 0 atom stereocenters. The normalized spacial score (nSPS) is 19.6. The Balaban J connectivity index is 1.62. The molecule has 21 heavy (non-hydrogen) atoms. The van der Waals surface area contributed by atoms with Crippen LogP contribution < -0.4 is 4.90 Å². The first-order chi connectivity index (χ1) is 10.3. The van der Waals surface area contributed by atoms with Gasteiger partial charge in [-0.15, -0.1) is 0 Å². The van der Waals surface area contributed by atoms with E-state index in [1.165, 1.54) is 0 Å². The number of pyridine rings is 1. The summed E-state index contributed by atoms with van der Waals surface area (Å²) >= 11 is 0. The molecule has 0 spiro atoms. The fourth-order valence-corrected chi connectivity index (χ4v) is 3.30. The van der Waals surface area contributed by atoms with Crippen LogP contribution in [0.1, 0.15) is 31.4 Å². The largest absolute Gasteiger partial charge is 0.369 e. The first-order valence-corrected chi connectivity index (χ1v) is 7.68. The molecule has 2 saturated heterocycles. The van der Waals surface area contributed by atoms with E-state index >= 15 is 0 Å². The maximum absolute atomic E-state index is 12.4. The molecule has 0 aromatic carbocycles. The van der Waals surface area contributed by atoms with E-state index in [2.05, 4.69) is 16.0 Å². The molecule has 2 fully saturated rings. The number of nitriles is 1. The van der Waals surface area contributed by atoms with Crippen LogP contribution >= 0.6 is 0 Å². The third-order valence-corrected chi connectivity index (χ3v) is 4.49. The lowest BCUT2D eigenvalue weighted by Crippen LogP contribution is -2.41. The van der Waals surface area contributed by atoms with Crippen LogP contribution in [0.25, 0.3) is 0 Å². The predicted octanol–water partition coefficient (Wildman–Crippen LogP) is 1.79. The summed E-state index contributed by atoms with van der Waals surface area (Å²) in [4.78, 5) is 20.7. The second-order valence-corrected chi connectivity index (χ2v) is 5.78. The van der Waals surface area contributed by atoms with Crippen LogP contribution in [0.3, 0.4) is 0 Å². The molecule has 0 unspecified atom stereocenters. The van der Waals surface area contributed by atoms with Gasteiger partial charge in [0.25, 0.3) is 0 Å². The van der Waals surface area contributed by atoms with Crippen molar-refractivity contribution < 1.29 is 4.79 Å². The monoisotopic (exact) mass is 284 g/mol. The maximum atomic E-state index is 12.4. The molecule has 0 saturated carbocycles. The number of carbonyl (C=O) groups excluding carboxylic acids is 1. The van der Waals surface area contributed by atoms with Crippen LogP contribution in [0, 0.1) is 17.2 Å². The van der Waals surface area contributed by atoms with Gasteiger partial charge >= 0.3 is 0 Å². The second kappa shape index (κ2) is 6.13. The van der Waals surface area contributed by atoms with Gasteiger partial charge in [0.15, 0.2) is 5.69 Å². The smallest absolute Gasteiger partial charge is 0.225 e. The standard InChI is InChI=1S/C16H20N4O/c17-12-14-15(4-3-7-18-14)19-10-5-13(6-11-19)16(21)20-8-1-2-9-20/h3-4,7,13H,1-2,5-6,8-11H2. The topological polar surface area (TPSA) is 60.2 Å². The van der Waals surface area contributed by atoms with Crippen LogP contribution in [-0.2, 0) is 4.79 Å². The minimum atomic E-state index is 0.154. The Hall–Kier alpha value is -2.09. The molecular weight excluding hydrogens is 264 g/mol. The summed E-state index contributed by atoms with van der Waals surface area (Å²) in [7, 11) is 0. The lowest BCUT2D eigenvalue weighted by molar-refractivity contribution is -0.135. The molecule has 0 aliphatic carbocycles. The SMILES string of the molecule is N#Cc1ncccc1N1CCC(C(=O)N2CCCC2)CC1. The zero-order chi connectivity index (χ0) is 14.7. The molecule has 3 heterocycles. The van der Waals surface area contributed by atoms with Crippen molar-refractivity contribution in [1.82, 2.24) is 9.88 Å². The van der Waals surface area contributed by atoms with Crippen LogP contribution in [0.4, 0.5) is 5.69 Å². The Morgan fingerprint density at radius 1 is 1.24 bits per heavy atom. The first kappa shape index (κ1) is 13.9. The van der Waals surface area contributed by atoms with Gasteiger partial charge in [-0.1, -0.05) is 0 Å². The summed E-state index contributed by atoms with van der Waals surface area (Å²) in [6.45, 7) is 3.51. The Labute approximate surface area is 125 Å². The van der Waals surface area contributed by atoms with E-state index in [0.717, 1.165) is 57.5 Å². The van der Waals surface area contributed by atoms with Crippen LogP contribution in [0.2, 0.25) is 0 Å². The molecule has 0 N–H and O–H groups in total. The second-order valence-electron chi connectivity index (χ2n) is 5.78. The molecule has 1 amide bonds. The van der Waals surface area contributed by atoms with Crippen molar-refractivity contribution in [3.8, 4) is 6.07 Å². The van der Waals surface area contributed by atoms with E-state index in [1.807, 2.05) is 17.0 Å². The highest BCUT2D eigenvalue weighted by Gasteiger charge is 2.30. The quantitative estimate of drug-likeness (QED) is 0.830. The number of rotatable bonds is 2. The zero-order valence-electron chi connectivity index (χ0n) is 12.2. The van der Waals surface area contributed by atoms with E-state index in [0.29, 0.717) is 11.6 Å². The average Bonchev–Trinajstić information content (AvgIpc) is 3.09. The number of aromatic nitrogens is 1. The molecule has 2 aliphatic heterocycles. The van der Waals surface area contributed by atoms with Gasteiger partial charge in [0, 0.05) is 38.3 Å². The molecule has 0 radical (unpaired) electrons.